The van der Waals surface area contributed by atoms with Crippen LogP contribution in [0, 0.1) is 5.82 Å². The van der Waals surface area contributed by atoms with Crippen molar-refractivity contribution < 1.29 is 18.7 Å². The van der Waals surface area contributed by atoms with Crippen LogP contribution in [0.3, 0.4) is 0 Å². The molecule has 0 aliphatic heterocycles. The fourth-order valence-corrected chi connectivity index (χ4v) is 2.88. The van der Waals surface area contributed by atoms with Crippen LogP contribution in [0.15, 0.2) is 77.9 Å². The largest absolute Gasteiger partial charge is 0.489 e. The first-order valence-electron chi connectivity index (χ1n) is 9.84. The number of carbonyl (C=O) groups is 2. The van der Waals surface area contributed by atoms with E-state index in [9.17, 15) is 14.0 Å². The minimum Gasteiger partial charge on any atom is -0.489 e. The molecule has 0 saturated heterocycles. The highest BCUT2D eigenvalue weighted by atomic mass is 35.5. The zero-order chi connectivity index (χ0) is 22.8. The lowest BCUT2D eigenvalue weighted by Gasteiger charge is -2.07. The maximum Gasteiger partial charge on any atom is 0.254 e. The molecule has 0 aliphatic rings. The molecule has 0 aliphatic carbocycles. The van der Waals surface area contributed by atoms with Crippen molar-refractivity contribution in [3.05, 3.63) is 100 Å². The van der Waals surface area contributed by atoms with Gasteiger partial charge in [-0.05, 0) is 48.0 Å². The quantitative estimate of drug-likeness (QED) is 0.374. The van der Waals surface area contributed by atoms with Gasteiger partial charge in [0.25, 0.3) is 5.91 Å². The maximum absolute atomic E-state index is 13.5. The molecule has 0 radical (unpaired) electrons. The summed E-state index contributed by atoms with van der Waals surface area (Å²) in [5, 5.41) is 7.04. The van der Waals surface area contributed by atoms with Crippen molar-refractivity contribution >= 4 is 29.6 Å². The van der Waals surface area contributed by atoms with Crippen molar-refractivity contribution in [1.82, 2.24) is 10.7 Å². The minimum atomic E-state index is -0.612. The van der Waals surface area contributed by atoms with Gasteiger partial charge in [0.1, 0.15) is 18.2 Å². The van der Waals surface area contributed by atoms with E-state index in [1.165, 1.54) is 24.4 Å². The number of carbonyl (C=O) groups excluding carboxylic acids is 2. The summed E-state index contributed by atoms with van der Waals surface area (Å²) in [6.07, 6.45) is 1.50. The Morgan fingerprint density at radius 1 is 1.00 bits per heavy atom. The van der Waals surface area contributed by atoms with E-state index in [1.54, 1.807) is 30.3 Å². The summed E-state index contributed by atoms with van der Waals surface area (Å²) in [4.78, 5) is 23.7. The molecule has 8 heteroatoms. The monoisotopic (exact) mass is 453 g/mol. The third-order valence-corrected chi connectivity index (χ3v) is 4.76. The van der Waals surface area contributed by atoms with E-state index in [2.05, 4.69) is 15.8 Å². The topological polar surface area (TPSA) is 79.8 Å². The van der Waals surface area contributed by atoms with Gasteiger partial charge in [-0.15, -0.1) is 0 Å². The van der Waals surface area contributed by atoms with Crippen LogP contribution >= 0.6 is 11.6 Å². The average molecular weight is 454 g/mol. The summed E-state index contributed by atoms with van der Waals surface area (Å²) >= 11 is 6.11. The van der Waals surface area contributed by atoms with E-state index < -0.39 is 11.7 Å². The number of rotatable bonds is 9. The number of nitrogens with zero attached hydrogens (tertiary/aromatic N) is 1. The Balaban J connectivity index is 1.38. The van der Waals surface area contributed by atoms with Gasteiger partial charge in [-0.25, -0.2) is 9.82 Å². The number of benzene rings is 3. The van der Waals surface area contributed by atoms with Crippen molar-refractivity contribution in [2.75, 3.05) is 6.54 Å². The number of hydrogen-bond donors (Lipinski definition) is 2. The summed E-state index contributed by atoms with van der Waals surface area (Å²) in [7, 11) is 0. The molecule has 0 fully saturated rings. The summed E-state index contributed by atoms with van der Waals surface area (Å²) in [5.41, 5.74) is 3.98. The second-order valence-corrected chi connectivity index (χ2v) is 7.14. The van der Waals surface area contributed by atoms with Crippen LogP contribution in [-0.2, 0) is 11.4 Å². The van der Waals surface area contributed by atoms with E-state index in [4.69, 9.17) is 16.3 Å². The normalized spacial score (nSPS) is 10.7. The van der Waals surface area contributed by atoms with E-state index in [1.807, 2.05) is 24.3 Å². The van der Waals surface area contributed by atoms with E-state index in [-0.39, 0.29) is 24.4 Å². The molecule has 164 valence electrons. The second-order valence-electron chi connectivity index (χ2n) is 6.73. The lowest BCUT2D eigenvalue weighted by molar-refractivity contribution is -0.120. The van der Waals surface area contributed by atoms with Crippen LogP contribution in [0.2, 0.25) is 5.02 Å². The van der Waals surface area contributed by atoms with Gasteiger partial charge in [0.05, 0.1) is 11.8 Å². The van der Waals surface area contributed by atoms with Gasteiger partial charge < -0.3 is 10.1 Å². The highest BCUT2D eigenvalue weighted by Gasteiger charge is 2.10. The number of halogens is 2. The molecular weight excluding hydrogens is 433 g/mol. The maximum atomic E-state index is 13.5. The molecule has 6 nitrogen and oxygen atoms in total. The number of ether oxygens (including phenoxy) is 1. The molecule has 0 spiro atoms. The molecule has 0 unspecified atom stereocenters. The van der Waals surface area contributed by atoms with Crippen LogP contribution in [-0.4, -0.2) is 24.6 Å². The fourth-order valence-electron chi connectivity index (χ4n) is 2.69. The van der Waals surface area contributed by atoms with E-state index >= 15 is 0 Å². The zero-order valence-corrected chi connectivity index (χ0v) is 17.8. The van der Waals surface area contributed by atoms with Crippen molar-refractivity contribution in [2.24, 2.45) is 5.10 Å². The third-order valence-electron chi connectivity index (χ3n) is 4.39. The molecule has 0 atom stereocenters. The average Bonchev–Trinajstić information content (AvgIpc) is 2.79. The van der Waals surface area contributed by atoms with Crippen molar-refractivity contribution in [3.63, 3.8) is 0 Å². The Morgan fingerprint density at radius 3 is 2.47 bits per heavy atom. The molecule has 3 aromatic rings. The molecule has 0 bridgehead atoms. The van der Waals surface area contributed by atoms with Gasteiger partial charge in [-0.1, -0.05) is 41.9 Å². The first kappa shape index (κ1) is 23.0. The number of hydrogen-bond acceptors (Lipinski definition) is 4. The fraction of sp³-hybridized carbons (Fsp3) is 0.125. The highest BCUT2D eigenvalue weighted by molar-refractivity contribution is 6.31. The molecule has 32 heavy (non-hydrogen) atoms. The summed E-state index contributed by atoms with van der Waals surface area (Å²) in [5.74, 6) is -0.887. The highest BCUT2D eigenvalue weighted by Crippen LogP contribution is 2.18. The Labute approximate surface area is 190 Å². The van der Waals surface area contributed by atoms with E-state index in [0.717, 1.165) is 11.1 Å². The van der Waals surface area contributed by atoms with Crippen LogP contribution in [0.5, 0.6) is 5.75 Å². The lowest BCUT2D eigenvalue weighted by atomic mass is 10.2. The summed E-state index contributed by atoms with van der Waals surface area (Å²) in [6.45, 7) is 0.419. The molecule has 2 amide bonds. The lowest BCUT2D eigenvalue weighted by Crippen LogP contribution is -2.29. The Morgan fingerprint density at radius 2 is 1.72 bits per heavy atom. The minimum absolute atomic E-state index is 0.00631. The Hall–Kier alpha value is -3.71. The van der Waals surface area contributed by atoms with Crippen LogP contribution in [0.25, 0.3) is 0 Å². The number of hydrazone groups is 1. The predicted octanol–water partition coefficient (Wildman–Crippen LogP) is 4.33. The Kier molecular flexibility index (Phi) is 8.34. The first-order chi connectivity index (χ1) is 15.5. The number of amides is 2. The molecular formula is C24H21ClFN3O3. The molecule has 3 aromatic carbocycles. The van der Waals surface area contributed by atoms with Crippen LogP contribution in [0.4, 0.5) is 4.39 Å². The predicted molar refractivity (Wildman–Crippen MR) is 121 cm³/mol. The van der Waals surface area contributed by atoms with Gasteiger partial charge in [0, 0.05) is 23.6 Å². The third kappa shape index (κ3) is 6.92. The van der Waals surface area contributed by atoms with Crippen molar-refractivity contribution in [2.45, 2.75) is 13.0 Å². The van der Waals surface area contributed by atoms with Gasteiger partial charge in [-0.2, -0.15) is 5.10 Å². The van der Waals surface area contributed by atoms with Crippen LogP contribution < -0.4 is 15.5 Å². The molecule has 3 rings (SSSR count). The first-order valence-corrected chi connectivity index (χ1v) is 10.2. The summed E-state index contributed by atoms with van der Waals surface area (Å²) < 4.78 is 19.3. The molecule has 2 N–H and O–H groups in total. The van der Waals surface area contributed by atoms with Crippen LogP contribution in [0.1, 0.15) is 27.9 Å². The standard InChI is InChI=1S/C24H21ClFN3O3/c25-21-7-3-1-5-18(21)16-32-19-11-9-17(10-12-19)15-28-29-23(30)13-14-27-24(31)20-6-2-4-8-22(20)26/h1-12,15H,13-14,16H2,(H,27,31)(H,29,30). The summed E-state index contributed by atoms with van der Waals surface area (Å²) in [6, 6.07) is 20.3. The smallest absolute Gasteiger partial charge is 0.254 e. The van der Waals surface area contributed by atoms with Gasteiger partial charge in [0.2, 0.25) is 5.91 Å². The van der Waals surface area contributed by atoms with Crippen molar-refractivity contribution in [3.8, 4) is 5.75 Å². The number of nitrogens with one attached hydrogen (secondary N) is 2. The van der Waals surface area contributed by atoms with E-state index in [0.29, 0.717) is 17.4 Å². The SMILES string of the molecule is O=C(CCNC(=O)c1ccccc1F)NN=Cc1ccc(OCc2ccccc2Cl)cc1. The van der Waals surface area contributed by atoms with Gasteiger partial charge in [-0.3, -0.25) is 9.59 Å². The molecule has 0 saturated carbocycles. The Bertz CT molecular complexity index is 1100. The zero-order valence-electron chi connectivity index (χ0n) is 17.1. The van der Waals surface area contributed by atoms with Gasteiger partial charge in [0.15, 0.2) is 0 Å². The van der Waals surface area contributed by atoms with Crippen molar-refractivity contribution in [1.29, 1.82) is 0 Å². The molecule has 0 heterocycles. The van der Waals surface area contributed by atoms with Gasteiger partial charge >= 0.3 is 0 Å². The molecule has 0 aromatic heterocycles. The second kappa shape index (κ2) is 11.6.